The van der Waals surface area contributed by atoms with Crippen LogP contribution < -0.4 is 5.32 Å². The molecule has 0 aromatic heterocycles. The largest absolute Gasteiger partial charge is 0.379 e. The van der Waals surface area contributed by atoms with Gasteiger partial charge in [0.25, 0.3) is 0 Å². The van der Waals surface area contributed by atoms with Gasteiger partial charge in [-0.15, -0.1) is 0 Å². The molecule has 20 heavy (non-hydrogen) atoms. The summed E-state index contributed by atoms with van der Waals surface area (Å²) in [4.78, 5) is 0. The summed E-state index contributed by atoms with van der Waals surface area (Å²) in [5, 5.41) is 3.57. The lowest BCUT2D eigenvalue weighted by Crippen LogP contribution is -2.26. The SMILES string of the molecule is CCCCCCCOCC(NCCC)c1ccccc1. The third-order valence-corrected chi connectivity index (χ3v) is 3.52. The van der Waals surface area contributed by atoms with E-state index >= 15 is 0 Å². The summed E-state index contributed by atoms with van der Waals surface area (Å²) in [6.45, 7) is 7.15. The zero-order valence-electron chi connectivity index (χ0n) is 13.2. The van der Waals surface area contributed by atoms with Crippen LogP contribution in [0.2, 0.25) is 0 Å². The number of hydrogen-bond donors (Lipinski definition) is 1. The van der Waals surface area contributed by atoms with Gasteiger partial charge in [0.15, 0.2) is 0 Å². The molecule has 0 radical (unpaired) electrons. The lowest BCUT2D eigenvalue weighted by Gasteiger charge is -2.19. The van der Waals surface area contributed by atoms with Crippen molar-refractivity contribution < 1.29 is 4.74 Å². The maximum absolute atomic E-state index is 5.86. The molecule has 0 aliphatic heterocycles. The second-order valence-electron chi connectivity index (χ2n) is 5.41. The number of benzene rings is 1. The van der Waals surface area contributed by atoms with Gasteiger partial charge >= 0.3 is 0 Å². The molecule has 0 spiro atoms. The summed E-state index contributed by atoms with van der Waals surface area (Å²) in [6.07, 6.45) is 7.64. The van der Waals surface area contributed by atoms with E-state index in [-0.39, 0.29) is 0 Å². The molecule has 0 saturated heterocycles. The highest BCUT2D eigenvalue weighted by Crippen LogP contribution is 2.13. The van der Waals surface area contributed by atoms with E-state index in [9.17, 15) is 0 Å². The van der Waals surface area contributed by atoms with Crippen molar-refractivity contribution in [2.24, 2.45) is 0 Å². The molecular weight excluding hydrogens is 246 g/mol. The van der Waals surface area contributed by atoms with Crippen LogP contribution in [0.15, 0.2) is 30.3 Å². The molecule has 1 atom stereocenters. The molecule has 0 amide bonds. The Hall–Kier alpha value is -0.860. The Kier molecular flexibility index (Phi) is 10.3. The summed E-state index contributed by atoms with van der Waals surface area (Å²) in [5.74, 6) is 0. The van der Waals surface area contributed by atoms with Gasteiger partial charge in [-0.1, -0.05) is 69.9 Å². The predicted molar refractivity (Wildman–Crippen MR) is 87.1 cm³/mol. The van der Waals surface area contributed by atoms with Crippen LogP contribution in [0, 0.1) is 0 Å². The van der Waals surface area contributed by atoms with Crippen LogP contribution in [0.4, 0.5) is 0 Å². The third kappa shape index (κ3) is 7.66. The van der Waals surface area contributed by atoms with E-state index in [1.54, 1.807) is 0 Å². The Balaban J connectivity index is 2.24. The van der Waals surface area contributed by atoms with E-state index < -0.39 is 0 Å². The third-order valence-electron chi connectivity index (χ3n) is 3.52. The second kappa shape index (κ2) is 11.9. The molecule has 1 N–H and O–H groups in total. The van der Waals surface area contributed by atoms with Gasteiger partial charge in [0.2, 0.25) is 0 Å². The van der Waals surface area contributed by atoms with Crippen LogP contribution in [-0.4, -0.2) is 19.8 Å². The Morgan fingerprint density at radius 3 is 2.40 bits per heavy atom. The highest BCUT2D eigenvalue weighted by Gasteiger charge is 2.09. The average molecular weight is 277 g/mol. The lowest BCUT2D eigenvalue weighted by atomic mass is 10.1. The van der Waals surface area contributed by atoms with Crippen LogP contribution in [0.1, 0.15) is 64.0 Å². The van der Waals surface area contributed by atoms with E-state index in [1.165, 1.54) is 37.7 Å². The predicted octanol–water partition coefficient (Wildman–Crippen LogP) is 4.71. The van der Waals surface area contributed by atoms with E-state index in [0.717, 1.165) is 26.2 Å². The molecule has 1 unspecified atom stereocenters. The molecule has 2 heteroatoms. The van der Waals surface area contributed by atoms with Gasteiger partial charge in [0.1, 0.15) is 0 Å². The number of hydrogen-bond acceptors (Lipinski definition) is 2. The summed E-state index contributed by atoms with van der Waals surface area (Å²) >= 11 is 0. The van der Waals surface area contributed by atoms with Crippen LogP contribution in [0.5, 0.6) is 0 Å². The van der Waals surface area contributed by atoms with Crippen molar-refractivity contribution in [3.8, 4) is 0 Å². The van der Waals surface area contributed by atoms with Crippen molar-refractivity contribution >= 4 is 0 Å². The fourth-order valence-corrected chi connectivity index (χ4v) is 2.29. The van der Waals surface area contributed by atoms with E-state index in [0.29, 0.717) is 6.04 Å². The molecule has 1 aromatic rings. The van der Waals surface area contributed by atoms with Crippen molar-refractivity contribution in [2.75, 3.05) is 19.8 Å². The Bertz CT molecular complexity index is 312. The monoisotopic (exact) mass is 277 g/mol. The smallest absolute Gasteiger partial charge is 0.0661 e. The zero-order valence-corrected chi connectivity index (χ0v) is 13.2. The standard InChI is InChI=1S/C18H31NO/c1-3-5-6-7-11-15-20-16-18(19-14-4-2)17-12-9-8-10-13-17/h8-10,12-13,18-19H,3-7,11,14-16H2,1-2H3. The normalized spacial score (nSPS) is 12.5. The van der Waals surface area contributed by atoms with Gasteiger partial charge in [-0.05, 0) is 24.9 Å². The number of rotatable bonds is 12. The van der Waals surface area contributed by atoms with Gasteiger partial charge < -0.3 is 10.1 Å². The second-order valence-corrected chi connectivity index (χ2v) is 5.41. The highest BCUT2D eigenvalue weighted by atomic mass is 16.5. The van der Waals surface area contributed by atoms with Gasteiger partial charge in [-0.3, -0.25) is 0 Å². The fraction of sp³-hybridized carbons (Fsp3) is 0.667. The quantitative estimate of drug-likeness (QED) is 0.558. The summed E-state index contributed by atoms with van der Waals surface area (Å²) in [7, 11) is 0. The molecule has 0 heterocycles. The Morgan fingerprint density at radius 2 is 1.70 bits per heavy atom. The van der Waals surface area contributed by atoms with Crippen molar-refractivity contribution in [3.63, 3.8) is 0 Å². The minimum atomic E-state index is 0.326. The van der Waals surface area contributed by atoms with Crippen LogP contribution in [0.3, 0.4) is 0 Å². The molecule has 1 aromatic carbocycles. The molecule has 1 rings (SSSR count). The molecular formula is C18H31NO. The first-order valence-corrected chi connectivity index (χ1v) is 8.24. The first-order chi connectivity index (χ1) is 9.88. The number of nitrogens with one attached hydrogen (secondary N) is 1. The van der Waals surface area contributed by atoms with E-state index in [4.69, 9.17) is 4.74 Å². The van der Waals surface area contributed by atoms with Crippen LogP contribution in [0.25, 0.3) is 0 Å². The maximum Gasteiger partial charge on any atom is 0.0661 e. The Morgan fingerprint density at radius 1 is 0.950 bits per heavy atom. The molecule has 2 nitrogen and oxygen atoms in total. The van der Waals surface area contributed by atoms with Gasteiger partial charge in [-0.25, -0.2) is 0 Å². The van der Waals surface area contributed by atoms with Crippen molar-refractivity contribution in [1.29, 1.82) is 0 Å². The lowest BCUT2D eigenvalue weighted by molar-refractivity contribution is 0.108. The maximum atomic E-state index is 5.86. The first-order valence-electron chi connectivity index (χ1n) is 8.24. The van der Waals surface area contributed by atoms with Crippen molar-refractivity contribution in [3.05, 3.63) is 35.9 Å². The van der Waals surface area contributed by atoms with E-state index in [2.05, 4.69) is 49.5 Å². The van der Waals surface area contributed by atoms with Gasteiger partial charge in [0.05, 0.1) is 12.6 Å². The molecule has 0 saturated carbocycles. The van der Waals surface area contributed by atoms with Gasteiger partial charge in [0, 0.05) is 6.61 Å². The fourth-order valence-electron chi connectivity index (χ4n) is 2.29. The minimum Gasteiger partial charge on any atom is -0.379 e. The number of ether oxygens (including phenoxy) is 1. The first kappa shape index (κ1) is 17.2. The topological polar surface area (TPSA) is 21.3 Å². The van der Waals surface area contributed by atoms with Crippen LogP contribution in [-0.2, 0) is 4.74 Å². The summed E-state index contributed by atoms with van der Waals surface area (Å²) in [6, 6.07) is 10.9. The Labute approximate surface area is 124 Å². The van der Waals surface area contributed by atoms with Gasteiger partial charge in [-0.2, -0.15) is 0 Å². The van der Waals surface area contributed by atoms with Crippen molar-refractivity contribution in [2.45, 2.75) is 58.4 Å². The zero-order chi connectivity index (χ0) is 14.5. The summed E-state index contributed by atoms with van der Waals surface area (Å²) < 4.78 is 5.86. The molecule has 0 bridgehead atoms. The number of unbranched alkanes of at least 4 members (excludes halogenated alkanes) is 4. The molecule has 0 aliphatic carbocycles. The molecule has 0 fully saturated rings. The minimum absolute atomic E-state index is 0.326. The average Bonchev–Trinajstić information content (AvgIpc) is 2.50. The highest BCUT2D eigenvalue weighted by molar-refractivity contribution is 5.18. The summed E-state index contributed by atoms with van der Waals surface area (Å²) in [5.41, 5.74) is 1.33. The van der Waals surface area contributed by atoms with Crippen LogP contribution >= 0.6 is 0 Å². The van der Waals surface area contributed by atoms with Crippen molar-refractivity contribution in [1.82, 2.24) is 5.32 Å². The molecule has 114 valence electrons. The molecule has 0 aliphatic rings. The van der Waals surface area contributed by atoms with E-state index in [1.807, 2.05) is 0 Å².